The molecular weight excluding hydrogens is 299 g/mol. The van der Waals surface area contributed by atoms with Crippen molar-refractivity contribution in [2.24, 2.45) is 0 Å². The molecule has 0 amide bonds. The molecule has 0 aromatic heterocycles. The number of carbonyl (C=O) groups excluding carboxylic acids is 1. The molecule has 2 aromatic carbocycles. The van der Waals surface area contributed by atoms with Gasteiger partial charge in [-0.05, 0) is 52.7 Å². The monoisotopic (exact) mass is 308 g/mol. The van der Waals surface area contributed by atoms with E-state index >= 15 is 0 Å². The first-order valence-corrected chi connectivity index (χ1v) is 6.09. The van der Waals surface area contributed by atoms with Crippen LogP contribution in [0.25, 0.3) is 0 Å². The molecule has 0 N–H and O–H groups in total. The highest BCUT2D eigenvalue weighted by Gasteiger charge is 2.08. The number of ether oxygens (including phenoxy) is 1. The predicted octanol–water partition coefficient (Wildman–Crippen LogP) is 4.50. The number of benzene rings is 2. The minimum absolute atomic E-state index is 0.167. The van der Waals surface area contributed by atoms with Crippen molar-refractivity contribution in [1.82, 2.24) is 0 Å². The van der Waals surface area contributed by atoms with Crippen molar-refractivity contribution >= 4 is 22.2 Å². The number of carbonyl (C=O) groups is 1. The quantitative estimate of drug-likeness (QED) is 0.780. The number of rotatable bonds is 3. The third kappa shape index (κ3) is 2.59. The van der Waals surface area contributed by atoms with E-state index in [0.29, 0.717) is 21.3 Å². The average molecular weight is 309 g/mol. The van der Waals surface area contributed by atoms with Crippen LogP contribution in [0, 0.1) is 12.7 Å². The summed E-state index contributed by atoms with van der Waals surface area (Å²) in [5.41, 5.74) is 1.04. The Balaban J connectivity index is 2.31. The molecule has 2 nitrogen and oxygen atoms in total. The van der Waals surface area contributed by atoms with E-state index in [1.807, 2.05) is 0 Å². The van der Waals surface area contributed by atoms with Crippen molar-refractivity contribution in [1.29, 1.82) is 0 Å². The highest BCUT2D eigenvalue weighted by molar-refractivity contribution is 9.10. The number of aryl methyl sites for hydroxylation is 1. The summed E-state index contributed by atoms with van der Waals surface area (Å²) >= 11 is 3.25. The maximum atomic E-state index is 13.7. The number of hydrogen-bond acceptors (Lipinski definition) is 2. The van der Waals surface area contributed by atoms with Crippen molar-refractivity contribution in [2.75, 3.05) is 0 Å². The lowest BCUT2D eigenvalue weighted by Crippen LogP contribution is -1.91. The zero-order valence-corrected chi connectivity index (χ0v) is 11.2. The van der Waals surface area contributed by atoms with E-state index in [1.165, 1.54) is 0 Å². The van der Waals surface area contributed by atoms with Crippen molar-refractivity contribution in [3.8, 4) is 11.5 Å². The van der Waals surface area contributed by atoms with Gasteiger partial charge in [0.1, 0.15) is 5.75 Å². The Hall–Kier alpha value is -1.68. The topological polar surface area (TPSA) is 26.3 Å². The maximum absolute atomic E-state index is 13.7. The highest BCUT2D eigenvalue weighted by atomic mass is 79.9. The van der Waals surface area contributed by atoms with E-state index < -0.39 is 0 Å². The fourth-order valence-corrected chi connectivity index (χ4v) is 1.94. The lowest BCUT2D eigenvalue weighted by Gasteiger charge is -2.09. The van der Waals surface area contributed by atoms with E-state index in [9.17, 15) is 9.18 Å². The van der Waals surface area contributed by atoms with Crippen molar-refractivity contribution in [2.45, 2.75) is 6.92 Å². The van der Waals surface area contributed by atoms with Crippen LogP contribution in [0.15, 0.2) is 40.9 Å². The second-order valence-electron chi connectivity index (χ2n) is 3.79. The first-order valence-electron chi connectivity index (χ1n) is 5.29. The molecular formula is C14H10BrFO2. The molecule has 4 heteroatoms. The molecule has 0 aliphatic rings. The van der Waals surface area contributed by atoms with Crippen molar-refractivity contribution < 1.29 is 13.9 Å². The molecule has 0 aliphatic carbocycles. The third-order valence-corrected chi connectivity index (χ3v) is 3.17. The Morgan fingerprint density at radius 3 is 2.72 bits per heavy atom. The van der Waals surface area contributed by atoms with E-state index in [4.69, 9.17) is 4.74 Å². The van der Waals surface area contributed by atoms with Crippen LogP contribution >= 0.6 is 15.9 Å². The Kier molecular flexibility index (Phi) is 3.77. The number of halogens is 2. The largest absolute Gasteiger partial charge is 0.454 e. The van der Waals surface area contributed by atoms with Gasteiger partial charge in [0, 0.05) is 10.0 Å². The fourth-order valence-electron chi connectivity index (χ4n) is 1.49. The maximum Gasteiger partial charge on any atom is 0.168 e. The lowest BCUT2D eigenvalue weighted by atomic mass is 10.2. The predicted molar refractivity (Wildman–Crippen MR) is 70.7 cm³/mol. The first-order chi connectivity index (χ1) is 8.61. The Labute approximate surface area is 113 Å². The summed E-state index contributed by atoms with van der Waals surface area (Å²) in [6.45, 7) is 1.67. The van der Waals surface area contributed by atoms with E-state index in [0.717, 1.165) is 6.29 Å². The van der Waals surface area contributed by atoms with Crippen LogP contribution < -0.4 is 4.74 Å². The standard InChI is InChI=1S/C14H10BrFO2/c1-9-3-2-4-13(14(9)16)18-11-6-5-10(8-17)12(15)7-11/h2-8H,1H3. The van der Waals surface area contributed by atoms with Gasteiger partial charge in [0.15, 0.2) is 17.9 Å². The van der Waals surface area contributed by atoms with Crippen LogP contribution in [-0.2, 0) is 0 Å². The summed E-state index contributed by atoms with van der Waals surface area (Å²) in [5, 5.41) is 0. The zero-order chi connectivity index (χ0) is 13.1. The average Bonchev–Trinajstić information content (AvgIpc) is 2.35. The van der Waals surface area contributed by atoms with Gasteiger partial charge in [0.2, 0.25) is 0 Å². The molecule has 0 saturated carbocycles. The highest BCUT2D eigenvalue weighted by Crippen LogP contribution is 2.29. The van der Waals surface area contributed by atoms with Crippen LogP contribution in [0.2, 0.25) is 0 Å². The molecule has 2 rings (SSSR count). The summed E-state index contributed by atoms with van der Waals surface area (Å²) in [7, 11) is 0. The molecule has 0 radical (unpaired) electrons. The van der Waals surface area contributed by atoms with Crippen molar-refractivity contribution in [3.63, 3.8) is 0 Å². The van der Waals surface area contributed by atoms with Crippen LogP contribution in [0.3, 0.4) is 0 Å². The summed E-state index contributed by atoms with van der Waals surface area (Å²) in [6.07, 6.45) is 0.737. The van der Waals surface area contributed by atoms with Crippen LogP contribution in [-0.4, -0.2) is 6.29 Å². The van der Waals surface area contributed by atoms with Gasteiger partial charge in [0.25, 0.3) is 0 Å². The molecule has 0 unspecified atom stereocenters. The SMILES string of the molecule is Cc1cccc(Oc2ccc(C=O)c(Br)c2)c1F. The van der Waals surface area contributed by atoms with Gasteiger partial charge < -0.3 is 4.74 Å². The van der Waals surface area contributed by atoms with Gasteiger partial charge in [-0.3, -0.25) is 4.79 Å². The Morgan fingerprint density at radius 2 is 2.06 bits per heavy atom. The number of hydrogen-bond donors (Lipinski definition) is 0. The van der Waals surface area contributed by atoms with Crippen LogP contribution in [0.4, 0.5) is 4.39 Å². The summed E-state index contributed by atoms with van der Waals surface area (Å²) in [4.78, 5) is 10.7. The molecule has 2 aromatic rings. The molecule has 0 atom stereocenters. The van der Waals surface area contributed by atoms with Gasteiger partial charge >= 0.3 is 0 Å². The normalized spacial score (nSPS) is 10.2. The molecule has 18 heavy (non-hydrogen) atoms. The molecule has 0 saturated heterocycles. The molecule has 92 valence electrons. The van der Waals surface area contributed by atoms with Crippen LogP contribution in [0.5, 0.6) is 11.5 Å². The minimum Gasteiger partial charge on any atom is -0.454 e. The minimum atomic E-state index is -0.381. The molecule has 0 bridgehead atoms. The van der Waals surface area contributed by atoms with E-state index in [-0.39, 0.29) is 11.6 Å². The molecule has 0 heterocycles. The fraction of sp³-hybridized carbons (Fsp3) is 0.0714. The van der Waals surface area contributed by atoms with E-state index in [2.05, 4.69) is 15.9 Å². The molecule has 0 spiro atoms. The third-order valence-electron chi connectivity index (χ3n) is 2.48. The molecule has 0 fully saturated rings. The summed E-state index contributed by atoms with van der Waals surface area (Å²) < 4.78 is 19.8. The summed E-state index contributed by atoms with van der Waals surface area (Å²) in [6, 6.07) is 9.82. The summed E-state index contributed by atoms with van der Waals surface area (Å²) in [5.74, 6) is 0.255. The molecule has 0 aliphatic heterocycles. The van der Waals surface area contributed by atoms with Gasteiger partial charge in [-0.25, -0.2) is 4.39 Å². The lowest BCUT2D eigenvalue weighted by molar-refractivity contribution is 0.112. The number of aldehydes is 1. The first kappa shape index (κ1) is 12.8. The Bertz CT molecular complexity index is 596. The van der Waals surface area contributed by atoms with Crippen LogP contribution in [0.1, 0.15) is 15.9 Å². The zero-order valence-electron chi connectivity index (χ0n) is 9.61. The van der Waals surface area contributed by atoms with Gasteiger partial charge in [-0.2, -0.15) is 0 Å². The van der Waals surface area contributed by atoms with Crippen molar-refractivity contribution in [3.05, 3.63) is 57.8 Å². The van der Waals surface area contributed by atoms with Gasteiger partial charge in [0.05, 0.1) is 0 Å². The smallest absolute Gasteiger partial charge is 0.168 e. The Morgan fingerprint density at radius 1 is 1.28 bits per heavy atom. The second-order valence-corrected chi connectivity index (χ2v) is 4.64. The van der Waals surface area contributed by atoms with Gasteiger partial charge in [-0.15, -0.1) is 0 Å². The van der Waals surface area contributed by atoms with E-state index in [1.54, 1.807) is 43.3 Å². The van der Waals surface area contributed by atoms with Gasteiger partial charge in [-0.1, -0.05) is 12.1 Å². The second kappa shape index (κ2) is 5.31.